The topological polar surface area (TPSA) is 149 Å². The van der Waals surface area contributed by atoms with E-state index in [9.17, 15) is 39.6 Å². The molecule has 0 unspecified atom stereocenters. The SMILES string of the molecule is O=C(O)c1ccc2c3ccc(C(=O)O)c4c(C(=O)O)ccc(c5ccc(C(=O)O)c1c25)c43.[H-].[H-].[H-].[H-].[K+].[K+].[K+].[K+]. The molecule has 36 heavy (non-hydrogen) atoms. The number of benzene rings is 5. The molecule has 8 nitrogen and oxygen atoms in total. The molecule has 0 aliphatic heterocycles. The molecule has 0 bridgehead atoms. The zero-order valence-electron chi connectivity index (χ0n) is 24.0. The summed E-state index contributed by atoms with van der Waals surface area (Å²) in [5, 5.41) is 41.7. The van der Waals surface area contributed by atoms with Crippen LogP contribution in [0.3, 0.4) is 0 Å². The van der Waals surface area contributed by atoms with Crippen LogP contribution in [0.1, 0.15) is 47.1 Å². The maximum Gasteiger partial charge on any atom is 1.00 e. The molecule has 0 aliphatic rings. The van der Waals surface area contributed by atoms with Crippen molar-refractivity contribution in [3.63, 3.8) is 0 Å². The van der Waals surface area contributed by atoms with Crippen LogP contribution in [-0.4, -0.2) is 44.3 Å². The largest absolute Gasteiger partial charge is 1.00 e. The summed E-state index contributed by atoms with van der Waals surface area (Å²) < 4.78 is 0. The molecule has 5 aromatic rings. The van der Waals surface area contributed by atoms with Crippen LogP contribution >= 0.6 is 0 Å². The summed E-state index contributed by atoms with van der Waals surface area (Å²) in [6.07, 6.45) is 0. The summed E-state index contributed by atoms with van der Waals surface area (Å²) in [6, 6.07) is 11.4. The zero-order valence-corrected chi connectivity index (χ0v) is 32.5. The molecule has 0 heterocycles. The van der Waals surface area contributed by atoms with E-state index in [-0.39, 0.29) is 244 Å². The van der Waals surface area contributed by atoms with Gasteiger partial charge in [0, 0.05) is 10.8 Å². The first-order valence-corrected chi connectivity index (χ1v) is 9.35. The van der Waals surface area contributed by atoms with E-state index < -0.39 is 23.9 Å². The van der Waals surface area contributed by atoms with Gasteiger partial charge in [0.15, 0.2) is 0 Å². The van der Waals surface area contributed by atoms with E-state index in [1.807, 2.05) is 0 Å². The van der Waals surface area contributed by atoms with Gasteiger partial charge in [-0.1, -0.05) is 24.3 Å². The third-order valence-electron chi connectivity index (χ3n) is 5.82. The van der Waals surface area contributed by atoms with Crippen LogP contribution in [0.25, 0.3) is 43.1 Å². The van der Waals surface area contributed by atoms with Gasteiger partial charge in [-0.25, -0.2) is 19.2 Å². The summed E-state index contributed by atoms with van der Waals surface area (Å²) in [5.41, 5.74) is -0.696. The van der Waals surface area contributed by atoms with E-state index in [1.165, 1.54) is 48.5 Å². The Labute approximate surface area is 379 Å². The molecule has 4 N–H and O–H groups in total. The van der Waals surface area contributed by atoms with Crippen molar-refractivity contribution >= 4 is 67.0 Å². The average molecular weight is 589 g/mol. The second-order valence-corrected chi connectivity index (χ2v) is 7.36. The Morgan fingerprint density at radius 3 is 0.750 bits per heavy atom. The van der Waals surface area contributed by atoms with Crippen molar-refractivity contribution in [1.82, 2.24) is 0 Å². The maximum absolute atomic E-state index is 11.9. The summed E-state index contributed by atoms with van der Waals surface area (Å²) in [4.78, 5) is 47.5. The van der Waals surface area contributed by atoms with Crippen molar-refractivity contribution in [2.24, 2.45) is 0 Å². The van der Waals surface area contributed by atoms with Crippen molar-refractivity contribution < 1.29 is 251 Å². The number of rotatable bonds is 4. The van der Waals surface area contributed by atoms with Gasteiger partial charge in [0.05, 0.1) is 22.3 Å². The summed E-state index contributed by atoms with van der Waals surface area (Å²) in [7, 11) is 0. The number of carboxylic acids is 4. The van der Waals surface area contributed by atoms with Crippen molar-refractivity contribution in [3.8, 4) is 0 Å². The minimum atomic E-state index is -1.28. The molecular weight excluding hydrogens is 573 g/mol. The third kappa shape index (κ3) is 5.90. The standard InChI is InChI=1S/C24H12O8.4K.4H/c25-21(26)13-5-1-9-10-2-6-15(23(29)30)20-16(24(31)32)8-4-12(18(10)20)11-3-7-14(22(27)28)19(13)17(9)11;;;;;;;;/h1-8H,(H,25,26)(H,27,28)(H,29,30)(H,31,32);;;;;;;;/q;4*+1;4*-1. The molecule has 0 atom stereocenters. The normalized spacial score (nSPS) is 10.2. The smallest absolute Gasteiger partial charge is 1.00 e. The van der Waals surface area contributed by atoms with Crippen LogP contribution in [0.4, 0.5) is 0 Å². The Morgan fingerprint density at radius 2 is 0.583 bits per heavy atom. The zero-order chi connectivity index (χ0) is 22.9. The Bertz CT molecular complexity index is 1470. The Morgan fingerprint density at radius 1 is 0.389 bits per heavy atom. The van der Waals surface area contributed by atoms with E-state index in [0.717, 1.165) is 0 Å². The average Bonchev–Trinajstić information content (AvgIpc) is 2.75. The van der Waals surface area contributed by atoms with Crippen molar-refractivity contribution in [2.75, 3.05) is 0 Å². The third-order valence-corrected chi connectivity index (χ3v) is 5.82. The van der Waals surface area contributed by atoms with Crippen molar-refractivity contribution in [3.05, 3.63) is 70.8 Å². The molecule has 0 saturated heterocycles. The molecule has 12 heteroatoms. The van der Waals surface area contributed by atoms with E-state index in [2.05, 4.69) is 0 Å². The van der Waals surface area contributed by atoms with Crippen molar-refractivity contribution in [1.29, 1.82) is 0 Å². The quantitative estimate of drug-likeness (QED) is 0.0920. The Kier molecular flexibility index (Phi) is 14.1. The first-order valence-electron chi connectivity index (χ1n) is 9.35. The Balaban J connectivity index is -0.000000810. The van der Waals surface area contributed by atoms with E-state index in [4.69, 9.17) is 0 Å². The second-order valence-electron chi connectivity index (χ2n) is 7.36. The Hall–Kier alpha value is 1.83. The maximum atomic E-state index is 11.9. The molecule has 0 radical (unpaired) electrons. The van der Waals surface area contributed by atoms with Crippen molar-refractivity contribution in [2.45, 2.75) is 0 Å². The predicted octanol–water partition coefficient (Wildman–Crippen LogP) is -7.00. The van der Waals surface area contributed by atoms with E-state index in [1.54, 1.807) is 0 Å². The van der Waals surface area contributed by atoms with Gasteiger partial charge >= 0.3 is 229 Å². The van der Waals surface area contributed by atoms with Crippen LogP contribution in [-0.2, 0) is 0 Å². The van der Waals surface area contributed by atoms with Crippen LogP contribution in [0.5, 0.6) is 0 Å². The summed E-state index contributed by atoms with van der Waals surface area (Å²) in [5.74, 6) is -5.13. The fourth-order valence-corrected chi connectivity index (χ4v) is 4.60. The van der Waals surface area contributed by atoms with Crippen LogP contribution < -0.4 is 206 Å². The molecule has 0 spiro atoms. The minimum Gasteiger partial charge on any atom is -1.00 e. The van der Waals surface area contributed by atoms with Gasteiger partial charge in [0.2, 0.25) is 0 Å². The van der Waals surface area contributed by atoms with E-state index in [0.29, 0.717) is 32.3 Å². The van der Waals surface area contributed by atoms with Gasteiger partial charge in [-0.2, -0.15) is 0 Å². The molecule has 0 fully saturated rings. The number of aromatic carboxylic acids is 4. The number of fused-ring (bicyclic) bond motifs is 2. The molecule has 5 aromatic carbocycles. The van der Waals surface area contributed by atoms with Gasteiger partial charge < -0.3 is 26.1 Å². The van der Waals surface area contributed by atoms with Gasteiger partial charge in [0.1, 0.15) is 0 Å². The summed E-state index contributed by atoms with van der Waals surface area (Å²) in [6.45, 7) is 0. The van der Waals surface area contributed by atoms with Crippen LogP contribution in [0.2, 0.25) is 0 Å². The number of carboxylic acid groups (broad SMARTS) is 4. The van der Waals surface area contributed by atoms with Gasteiger partial charge in [0.25, 0.3) is 0 Å². The number of hydrogen-bond acceptors (Lipinski definition) is 4. The molecule has 0 aromatic heterocycles. The van der Waals surface area contributed by atoms with Gasteiger partial charge in [-0.05, 0) is 56.6 Å². The molecule has 164 valence electrons. The minimum absolute atomic E-state index is 0. The fraction of sp³-hybridized carbons (Fsp3) is 0. The summed E-state index contributed by atoms with van der Waals surface area (Å²) >= 11 is 0. The molecule has 0 saturated carbocycles. The van der Waals surface area contributed by atoms with E-state index >= 15 is 0 Å². The molecular formula is C24H16K4O8. The second kappa shape index (κ2) is 14.1. The van der Waals surface area contributed by atoms with Crippen LogP contribution in [0, 0.1) is 0 Å². The molecule has 0 aliphatic carbocycles. The predicted molar refractivity (Wildman–Crippen MR) is 120 cm³/mol. The molecule has 5 rings (SSSR count). The molecule has 0 amide bonds. The van der Waals surface area contributed by atoms with Crippen LogP contribution in [0.15, 0.2) is 48.5 Å². The first-order chi connectivity index (χ1) is 15.2. The first kappa shape index (κ1) is 35.9. The number of hydrogen-bond donors (Lipinski definition) is 4. The monoisotopic (exact) mass is 588 g/mol. The van der Waals surface area contributed by atoms with Gasteiger partial charge in [-0.3, -0.25) is 0 Å². The number of carbonyl (C=O) groups is 4. The fourth-order valence-electron chi connectivity index (χ4n) is 4.60. The van der Waals surface area contributed by atoms with Gasteiger partial charge in [-0.15, -0.1) is 0 Å².